The molecule has 1 nitrogen and oxygen atoms in total. The molecule has 0 N–H and O–H groups in total. The van der Waals surface area contributed by atoms with Crippen LogP contribution in [0.1, 0.15) is 22.1 Å². The Hall–Kier alpha value is -1.03. The third-order valence-electron chi connectivity index (χ3n) is 3.86. The van der Waals surface area contributed by atoms with E-state index in [4.69, 9.17) is 16.3 Å². The molecule has 2 heterocycles. The van der Waals surface area contributed by atoms with Crippen molar-refractivity contribution in [3.63, 3.8) is 0 Å². The Morgan fingerprint density at radius 2 is 2.14 bits per heavy atom. The van der Waals surface area contributed by atoms with E-state index in [0.29, 0.717) is 0 Å². The highest BCUT2D eigenvalue weighted by atomic mass is 79.9. The topological polar surface area (TPSA) is 9.23 Å². The summed E-state index contributed by atoms with van der Waals surface area (Å²) < 4.78 is 7.94. The van der Waals surface area contributed by atoms with Gasteiger partial charge < -0.3 is 4.74 Å². The highest BCUT2D eigenvalue weighted by molar-refractivity contribution is 9.10. The molecule has 21 heavy (non-hydrogen) atoms. The summed E-state index contributed by atoms with van der Waals surface area (Å²) in [4.78, 5) is 0. The second-order valence-electron chi connectivity index (χ2n) is 5.14. The Labute approximate surface area is 140 Å². The molecule has 0 aliphatic carbocycles. The first-order valence-corrected chi connectivity index (χ1v) is 8.90. The standard InChI is InChI=1S/C17H12BrClOS/c18-14-3-1-2-12-13(9-21-17(12)14)16(19)11-4-5-15-10(8-11)6-7-20-15/h1-5,8-9,16H,6-7H2. The molecule has 0 bridgehead atoms. The van der Waals surface area contributed by atoms with E-state index in [2.05, 4.69) is 51.6 Å². The molecule has 0 spiro atoms. The van der Waals surface area contributed by atoms with Gasteiger partial charge in [-0.15, -0.1) is 22.9 Å². The van der Waals surface area contributed by atoms with Gasteiger partial charge in [0, 0.05) is 15.6 Å². The normalized spacial score (nSPS) is 15.0. The maximum absolute atomic E-state index is 6.76. The summed E-state index contributed by atoms with van der Waals surface area (Å²) in [5, 5.41) is 3.27. The van der Waals surface area contributed by atoms with Crippen molar-refractivity contribution in [2.75, 3.05) is 6.61 Å². The van der Waals surface area contributed by atoms with Gasteiger partial charge in [0.15, 0.2) is 0 Å². The third-order valence-corrected chi connectivity index (χ3v) is 6.32. The Bertz CT molecular complexity index is 827. The van der Waals surface area contributed by atoms with Crippen LogP contribution in [0.3, 0.4) is 0 Å². The smallest absolute Gasteiger partial charge is 0.122 e. The van der Waals surface area contributed by atoms with Crippen LogP contribution in [0.2, 0.25) is 0 Å². The molecule has 1 atom stereocenters. The van der Waals surface area contributed by atoms with Crippen molar-refractivity contribution in [1.29, 1.82) is 0 Å². The Kier molecular flexibility index (Phi) is 3.44. The molecular formula is C17H12BrClOS. The second kappa shape index (κ2) is 5.31. The van der Waals surface area contributed by atoms with Gasteiger partial charge in [-0.25, -0.2) is 0 Å². The quantitative estimate of drug-likeness (QED) is 0.502. The van der Waals surface area contributed by atoms with Gasteiger partial charge in [0.1, 0.15) is 5.75 Å². The molecule has 106 valence electrons. The van der Waals surface area contributed by atoms with E-state index in [9.17, 15) is 0 Å². The van der Waals surface area contributed by atoms with Crippen LogP contribution < -0.4 is 4.74 Å². The lowest BCUT2D eigenvalue weighted by molar-refractivity contribution is 0.357. The summed E-state index contributed by atoms with van der Waals surface area (Å²) in [5.41, 5.74) is 3.58. The molecule has 2 aromatic carbocycles. The van der Waals surface area contributed by atoms with E-state index < -0.39 is 0 Å². The highest BCUT2D eigenvalue weighted by Gasteiger charge is 2.19. The second-order valence-corrected chi connectivity index (χ2v) is 7.31. The SMILES string of the molecule is ClC(c1ccc2c(c1)CCO2)c1csc2c(Br)cccc12. The van der Waals surface area contributed by atoms with Gasteiger partial charge in [0.25, 0.3) is 0 Å². The molecule has 4 heteroatoms. The van der Waals surface area contributed by atoms with Crippen molar-refractivity contribution in [2.45, 2.75) is 11.8 Å². The van der Waals surface area contributed by atoms with Gasteiger partial charge in [-0.3, -0.25) is 0 Å². The molecule has 1 unspecified atom stereocenters. The molecule has 3 aromatic rings. The summed E-state index contributed by atoms with van der Waals surface area (Å²) >= 11 is 12.1. The number of rotatable bonds is 2. The molecule has 1 aliphatic rings. The average Bonchev–Trinajstić information content (AvgIpc) is 3.13. The van der Waals surface area contributed by atoms with Crippen molar-refractivity contribution >= 4 is 49.0 Å². The van der Waals surface area contributed by atoms with Gasteiger partial charge in [-0.1, -0.05) is 24.3 Å². The summed E-state index contributed by atoms with van der Waals surface area (Å²) in [7, 11) is 0. The fourth-order valence-electron chi connectivity index (χ4n) is 2.78. The molecule has 1 aromatic heterocycles. The number of fused-ring (bicyclic) bond motifs is 2. The van der Waals surface area contributed by atoms with E-state index in [1.165, 1.54) is 21.2 Å². The molecule has 0 fully saturated rings. The predicted molar refractivity (Wildman–Crippen MR) is 92.9 cm³/mol. The lowest BCUT2D eigenvalue weighted by atomic mass is 10.0. The first kappa shape index (κ1) is 13.6. The molecule has 0 saturated carbocycles. The number of ether oxygens (including phenoxy) is 1. The van der Waals surface area contributed by atoms with Crippen LogP contribution in [-0.2, 0) is 6.42 Å². The molecule has 0 amide bonds. The summed E-state index contributed by atoms with van der Waals surface area (Å²) in [6.45, 7) is 0.778. The van der Waals surface area contributed by atoms with Crippen molar-refractivity contribution in [3.8, 4) is 5.75 Å². The minimum Gasteiger partial charge on any atom is -0.493 e. The van der Waals surface area contributed by atoms with Crippen molar-refractivity contribution in [1.82, 2.24) is 0 Å². The predicted octanol–water partition coefficient (Wildman–Crippen LogP) is 5.93. The van der Waals surface area contributed by atoms with Crippen LogP contribution in [0.15, 0.2) is 46.3 Å². The molecule has 0 saturated heterocycles. The van der Waals surface area contributed by atoms with E-state index in [0.717, 1.165) is 28.8 Å². The van der Waals surface area contributed by atoms with Crippen LogP contribution in [0.4, 0.5) is 0 Å². The maximum atomic E-state index is 6.76. The first-order chi connectivity index (χ1) is 10.2. The summed E-state index contributed by atoms with van der Waals surface area (Å²) in [6, 6.07) is 12.6. The van der Waals surface area contributed by atoms with Gasteiger partial charge >= 0.3 is 0 Å². The summed E-state index contributed by atoms with van der Waals surface area (Å²) in [6.07, 6.45) is 0.975. The van der Waals surface area contributed by atoms with Gasteiger partial charge in [-0.05, 0) is 55.5 Å². The Balaban J connectivity index is 1.79. The monoisotopic (exact) mass is 378 g/mol. The van der Waals surface area contributed by atoms with Gasteiger partial charge in [0.05, 0.1) is 12.0 Å². The zero-order chi connectivity index (χ0) is 14.4. The van der Waals surface area contributed by atoms with Crippen LogP contribution in [0, 0.1) is 0 Å². The van der Waals surface area contributed by atoms with E-state index in [1.54, 1.807) is 11.3 Å². The minimum atomic E-state index is -0.126. The zero-order valence-corrected chi connectivity index (χ0v) is 14.3. The van der Waals surface area contributed by atoms with Gasteiger partial charge in [-0.2, -0.15) is 0 Å². The maximum Gasteiger partial charge on any atom is 0.122 e. The number of thiophene rings is 1. The lowest BCUT2D eigenvalue weighted by Gasteiger charge is -2.11. The van der Waals surface area contributed by atoms with Crippen molar-refractivity contribution in [3.05, 3.63) is 62.9 Å². The van der Waals surface area contributed by atoms with Gasteiger partial charge in [0.2, 0.25) is 0 Å². The Morgan fingerprint density at radius 3 is 3.05 bits per heavy atom. The minimum absolute atomic E-state index is 0.126. The largest absolute Gasteiger partial charge is 0.493 e. The first-order valence-electron chi connectivity index (χ1n) is 6.79. The van der Waals surface area contributed by atoms with Crippen LogP contribution in [0.5, 0.6) is 5.75 Å². The Morgan fingerprint density at radius 1 is 1.24 bits per heavy atom. The summed E-state index contributed by atoms with van der Waals surface area (Å²) in [5.74, 6) is 1.00. The fraction of sp³-hybridized carbons (Fsp3) is 0.176. The van der Waals surface area contributed by atoms with Crippen molar-refractivity contribution < 1.29 is 4.74 Å². The van der Waals surface area contributed by atoms with Crippen LogP contribution in [0.25, 0.3) is 10.1 Å². The third kappa shape index (κ3) is 2.28. The number of halogens is 2. The number of hydrogen-bond acceptors (Lipinski definition) is 2. The van der Waals surface area contributed by atoms with E-state index in [-0.39, 0.29) is 5.38 Å². The zero-order valence-electron chi connectivity index (χ0n) is 11.1. The molecule has 0 radical (unpaired) electrons. The number of benzene rings is 2. The van der Waals surface area contributed by atoms with Crippen LogP contribution >= 0.6 is 38.9 Å². The van der Waals surface area contributed by atoms with Crippen LogP contribution in [-0.4, -0.2) is 6.61 Å². The molecule has 1 aliphatic heterocycles. The number of alkyl halides is 1. The highest BCUT2D eigenvalue weighted by Crippen LogP contribution is 2.41. The van der Waals surface area contributed by atoms with Crippen molar-refractivity contribution in [2.24, 2.45) is 0 Å². The fourth-order valence-corrected chi connectivity index (χ4v) is 4.82. The number of hydrogen-bond donors (Lipinski definition) is 0. The van der Waals surface area contributed by atoms with E-state index >= 15 is 0 Å². The molecule has 4 rings (SSSR count). The van der Waals surface area contributed by atoms with E-state index in [1.807, 2.05) is 6.07 Å². The lowest BCUT2D eigenvalue weighted by Crippen LogP contribution is -1.93. The molecular weight excluding hydrogens is 368 g/mol. The average molecular weight is 380 g/mol.